The molecule has 1 atom stereocenters. The summed E-state index contributed by atoms with van der Waals surface area (Å²) in [6, 6.07) is 5.51. The maximum Gasteiger partial charge on any atom is 0.124 e. The Balaban J connectivity index is 2.19. The van der Waals surface area contributed by atoms with Crippen LogP contribution in [0.1, 0.15) is 37.3 Å². The summed E-state index contributed by atoms with van der Waals surface area (Å²) in [4.78, 5) is 0. The maximum atomic E-state index is 13.0. The first-order valence-corrected chi connectivity index (χ1v) is 6.53. The minimum atomic E-state index is -0.142. The molecule has 0 aliphatic carbocycles. The summed E-state index contributed by atoms with van der Waals surface area (Å²) in [5.41, 5.74) is 1.25. The van der Waals surface area contributed by atoms with Crippen molar-refractivity contribution in [2.24, 2.45) is 0 Å². The molecule has 1 aromatic carbocycles. The van der Waals surface area contributed by atoms with Gasteiger partial charge in [0.1, 0.15) is 5.82 Å². The van der Waals surface area contributed by atoms with Crippen molar-refractivity contribution in [2.75, 3.05) is 6.54 Å². The van der Waals surface area contributed by atoms with Gasteiger partial charge in [-0.1, -0.05) is 18.9 Å². The predicted octanol–water partition coefficient (Wildman–Crippen LogP) is 3.64. The molecule has 1 nitrogen and oxygen atoms in total. The molecule has 0 saturated carbocycles. The molecule has 3 heteroatoms. The van der Waals surface area contributed by atoms with Crippen LogP contribution in [0.3, 0.4) is 0 Å². The molecule has 15 heavy (non-hydrogen) atoms. The van der Waals surface area contributed by atoms with E-state index >= 15 is 0 Å². The Labute approximate surface area is 104 Å². The van der Waals surface area contributed by atoms with Crippen molar-refractivity contribution in [3.8, 4) is 0 Å². The van der Waals surface area contributed by atoms with Crippen LogP contribution in [0, 0.1) is 9.39 Å². The van der Waals surface area contributed by atoms with Gasteiger partial charge in [-0.3, -0.25) is 0 Å². The van der Waals surface area contributed by atoms with Crippen LogP contribution in [0.4, 0.5) is 4.39 Å². The van der Waals surface area contributed by atoms with E-state index in [1.807, 2.05) is 6.07 Å². The van der Waals surface area contributed by atoms with Gasteiger partial charge in [0.25, 0.3) is 0 Å². The van der Waals surface area contributed by atoms with Gasteiger partial charge in [-0.05, 0) is 59.7 Å². The number of halogens is 2. The van der Waals surface area contributed by atoms with E-state index in [1.165, 1.54) is 31.2 Å². The van der Waals surface area contributed by atoms with E-state index in [4.69, 9.17) is 0 Å². The van der Waals surface area contributed by atoms with E-state index in [-0.39, 0.29) is 5.82 Å². The Kier molecular flexibility index (Phi) is 3.97. The summed E-state index contributed by atoms with van der Waals surface area (Å²) >= 11 is 2.22. The molecule has 1 aromatic rings. The van der Waals surface area contributed by atoms with E-state index in [1.54, 1.807) is 12.1 Å². The van der Waals surface area contributed by atoms with Gasteiger partial charge in [-0.25, -0.2) is 4.39 Å². The number of rotatable bonds is 1. The number of nitrogens with one attached hydrogen (secondary N) is 1. The van der Waals surface area contributed by atoms with E-state index in [9.17, 15) is 4.39 Å². The third-order valence-corrected chi connectivity index (χ3v) is 3.83. The lowest BCUT2D eigenvalue weighted by molar-refractivity contribution is 0.530. The van der Waals surface area contributed by atoms with Crippen LogP contribution >= 0.6 is 22.6 Å². The van der Waals surface area contributed by atoms with Gasteiger partial charge >= 0.3 is 0 Å². The lowest BCUT2D eigenvalue weighted by Crippen LogP contribution is -2.21. The van der Waals surface area contributed by atoms with Crippen LogP contribution in [0.15, 0.2) is 18.2 Å². The standard InChI is InChI=1S/C12H15FIN/c13-9-5-6-10(11(14)8-9)12-4-2-1-3-7-15-12/h5-6,8,12,15H,1-4,7H2. The molecule has 0 bridgehead atoms. The predicted molar refractivity (Wildman–Crippen MR) is 68.3 cm³/mol. The molecule has 0 spiro atoms. The third kappa shape index (κ3) is 2.91. The Morgan fingerprint density at radius 2 is 2.13 bits per heavy atom. The fourth-order valence-electron chi connectivity index (χ4n) is 2.08. The molecule has 0 amide bonds. The third-order valence-electron chi connectivity index (χ3n) is 2.90. The van der Waals surface area contributed by atoms with Crippen molar-refractivity contribution in [1.29, 1.82) is 0 Å². The lowest BCUT2D eigenvalue weighted by Gasteiger charge is -2.17. The van der Waals surface area contributed by atoms with E-state index in [0.717, 1.165) is 10.1 Å². The molecule has 1 heterocycles. The van der Waals surface area contributed by atoms with Gasteiger partial charge in [-0.15, -0.1) is 0 Å². The second kappa shape index (κ2) is 5.25. The average Bonchev–Trinajstić information content (AvgIpc) is 2.46. The minimum absolute atomic E-state index is 0.142. The first-order chi connectivity index (χ1) is 7.27. The van der Waals surface area contributed by atoms with Crippen molar-refractivity contribution < 1.29 is 4.39 Å². The zero-order chi connectivity index (χ0) is 10.7. The van der Waals surface area contributed by atoms with Crippen LogP contribution in [-0.2, 0) is 0 Å². The molecule has 1 N–H and O–H groups in total. The highest BCUT2D eigenvalue weighted by molar-refractivity contribution is 14.1. The Bertz CT molecular complexity index is 332. The van der Waals surface area contributed by atoms with Crippen molar-refractivity contribution in [1.82, 2.24) is 5.32 Å². The minimum Gasteiger partial charge on any atom is -0.310 e. The normalized spacial score (nSPS) is 22.4. The largest absolute Gasteiger partial charge is 0.310 e. The Hall–Kier alpha value is -0.160. The smallest absolute Gasteiger partial charge is 0.124 e. The van der Waals surface area contributed by atoms with Crippen LogP contribution < -0.4 is 5.32 Å². The molecular formula is C12H15FIN. The first kappa shape index (κ1) is 11.3. The van der Waals surface area contributed by atoms with Crippen LogP contribution in [-0.4, -0.2) is 6.54 Å². The van der Waals surface area contributed by atoms with Gasteiger partial charge in [-0.2, -0.15) is 0 Å². The molecule has 1 aliphatic rings. The van der Waals surface area contributed by atoms with Crippen molar-refractivity contribution in [3.05, 3.63) is 33.1 Å². The lowest BCUT2D eigenvalue weighted by atomic mass is 10.0. The average molecular weight is 319 g/mol. The highest BCUT2D eigenvalue weighted by atomic mass is 127. The number of benzene rings is 1. The summed E-state index contributed by atoms with van der Waals surface area (Å²) < 4.78 is 14.0. The summed E-state index contributed by atoms with van der Waals surface area (Å²) in [7, 11) is 0. The fourth-order valence-corrected chi connectivity index (χ4v) is 2.93. The Morgan fingerprint density at radius 1 is 1.27 bits per heavy atom. The van der Waals surface area contributed by atoms with Crippen molar-refractivity contribution in [2.45, 2.75) is 31.7 Å². The zero-order valence-corrected chi connectivity index (χ0v) is 10.8. The Morgan fingerprint density at radius 3 is 2.93 bits per heavy atom. The van der Waals surface area contributed by atoms with Crippen molar-refractivity contribution >= 4 is 22.6 Å². The first-order valence-electron chi connectivity index (χ1n) is 5.46. The van der Waals surface area contributed by atoms with Gasteiger partial charge < -0.3 is 5.32 Å². The quantitative estimate of drug-likeness (QED) is 0.780. The zero-order valence-electron chi connectivity index (χ0n) is 8.60. The molecule has 2 rings (SSSR count). The molecule has 1 fully saturated rings. The number of hydrogen-bond acceptors (Lipinski definition) is 1. The monoisotopic (exact) mass is 319 g/mol. The van der Waals surface area contributed by atoms with Crippen LogP contribution in [0.5, 0.6) is 0 Å². The van der Waals surface area contributed by atoms with Gasteiger partial charge in [0.2, 0.25) is 0 Å². The van der Waals surface area contributed by atoms with E-state index in [0.29, 0.717) is 6.04 Å². The SMILES string of the molecule is Fc1ccc(C2CCCCCN2)c(I)c1. The summed E-state index contributed by atoms with van der Waals surface area (Å²) in [6.45, 7) is 1.08. The highest BCUT2D eigenvalue weighted by Crippen LogP contribution is 2.26. The molecule has 82 valence electrons. The molecule has 0 radical (unpaired) electrons. The molecule has 1 unspecified atom stereocenters. The van der Waals surface area contributed by atoms with Crippen LogP contribution in [0.2, 0.25) is 0 Å². The fraction of sp³-hybridized carbons (Fsp3) is 0.500. The van der Waals surface area contributed by atoms with E-state index < -0.39 is 0 Å². The summed E-state index contributed by atoms with van der Waals surface area (Å²) in [5, 5.41) is 3.53. The molecule has 0 aromatic heterocycles. The maximum absolute atomic E-state index is 13.0. The van der Waals surface area contributed by atoms with Crippen molar-refractivity contribution in [3.63, 3.8) is 0 Å². The molecular weight excluding hydrogens is 304 g/mol. The van der Waals surface area contributed by atoms with Gasteiger partial charge in [0.15, 0.2) is 0 Å². The van der Waals surface area contributed by atoms with Gasteiger partial charge in [0.05, 0.1) is 0 Å². The van der Waals surface area contributed by atoms with Gasteiger partial charge in [0, 0.05) is 9.61 Å². The number of hydrogen-bond donors (Lipinski definition) is 1. The second-order valence-electron chi connectivity index (χ2n) is 4.02. The second-order valence-corrected chi connectivity index (χ2v) is 5.18. The summed E-state index contributed by atoms with van der Waals surface area (Å²) in [6.07, 6.45) is 5.00. The molecule has 1 saturated heterocycles. The van der Waals surface area contributed by atoms with Crippen LogP contribution in [0.25, 0.3) is 0 Å². The molecule has 1 aliphatic heterocycles. The topological polar surface area (TPSA) is 12.0 Å². The van der Waals surface area contributed by atoms with E-state index in [2.05, 4.69) is 27.9 Å². The summed E-state index contributed by atoms with van der Waals surface area (Å²) in [5.74, 6) is -0.142. The highest BCUT2D eigenvalue weighted by Gasteiger charge is 2.16.